The number of rotatable bonds is 4. The topological polar surface area (TPSA) is 16.6 Å². The summed E-state index contributed by atoms with van der Waals surface area (Å²) in [4.78, 5) is 0. The second kappa shape index (κ2) is 15.9. The Morgan fingerprint density at radius 1 is 1.00 bits per heavy atom. The fourth-order valence-corrected chi connectivity index (χ4v) is 0.607. The second-order valence-corrected chi connectivity index (χ2v) is 2.00. The van der Waals surface area contributed by atoms with Gasteiger partial charge in [-0.1, -0.05) is 0 Å². The van der Waals surface area contributed by atoms with Crippen molar-refractivity contribution < 1.29 is 5.32 Å². The Hall–Kier alpha value is 0.670. The highest BCUT2D eigenvalue weighted by molar-refractivity contribution is 6.75. The first-order chi connectivity index (χ1) is 4.41. The smallest absolute Gasteiger partial charge is 0.0893 e. The Balaban J connectivity index is 0. The Bertz CT molecular complexity index is 35.7. The van der Waals surface area contributed by atoms with Gasteiger partial charge in [0, 0.05) is 15.5 Å². The van der Waals surface area contributed by atoms with Crippen LogP contribution in [0.3, 0.4) is 0 Å². The molecule has 5 heteroatoms. The molecule has 0 aliphatic carbocycles. The summed E-state index contributed by atoms with van der Waals surface area (Å²) in [7, 11) is 8.00. The van der Waals surface area contributed by atoms with Gasteiger partial charge >= 0.3 is 0 Å². The van der Waals surface area contributed by atoms with Crippen molar-refractivity contribution in [3.05, 3.63) is 0 Å². The zero-order valence-electron chi connectivity index (χ0n) is 5.32. The number of alkyl halides is 2. The molecule has 0 amide bonds. The highest BCUT2D eigenvalue weighted by atomic mass is 35.5. The number of nitrogens with two attached hydrogens (primary N) is 1. The summed E-state index contributed by atoms with van der Waals surface area (Å²) in [5.41, 5.74) is 0. The van der Waals surface area contributed by atoms with Gasteiger partial charge in [-0.15, -0.1) is 23.2 Å². The van der Waals surface area contributed by atoms with Gasteiger partial charge in [0.05, 0.1) is 24.8 Å². The van der Waals surface area contributed by atoms with Crippen molar-refractivity contribution in [1.82, 2.24) is 0 Å². The van der Waals surface area contributed by atoms with Crippen molar-refractivity contribution in [2.45, 2.75) is 0 Å². The fraction of sp³-hybridized carbons (Fsp3) is 1.00. The van der Waals surface area contributed by atoms with Gasteiger partial charge in [0.25, 0.3) is 0 Å². The summed E-state index contributed by atoms with van der Waals surface area (Å²) in [5, 5.41) is 2.10. The zero-order chi connectivity index (χ0) is 7.54. The average molecular weight is 165 g/mol. The van der Waals surface area contributed by atoms with Crippen LogP contribution >= 0.6 is 23.2 Å². The minimum atomic E-state index is 0.719. The largest absolute Gasteiger partial charge is 0.344 e. The lowest BCUT2D eigenvalue weighted by atomic mass is 9.81. The van der Waals surface area contributed by atoms with Gasteiger partial charge in [0.15, 0.2) is 0 Å². The lowest BCUT2D eigenvalue weighted by Crippen LogP contribution is -2.85. The Labute approximate surface area is 69.3 Å². The first-order valence-corrected chi connectivity index (χ1v) is 3.75. The van der Waals surface area contributed by atoms with Crippen molar-refractivity contribution in [3.63, 3.8) is 0 Å². The van der Waals surface area contributed by atoms with E-state index in [9.17, 15) is 0 Å². The normalized spacial score (nSPS) is 7.78. The van der Waals surface area contributed by atoms with E-state index in [1.807, 2.05) is 0 Å². The molecule has 0 spiro atoms. The molecule has 50 valence electrons. The number of hydrogen-bond acceptors (Lipinski definition) is 0. The first-order valence-electron chi connectivity index (χ1n) is 2.68. The van der Waals surface area contributed by atoms with Crippen molar-refractivity contribution in [1.29, 1.82) is 0 Å². The minimum absolute atomic E-state index is 0.719. The molecule has 0 rings (SSSR count). The lowest BCUT2D eigenvalue weighted by molar-refractivity contribution is -0.646. The highest BCUT2D eigenvalue weighted by Crippen LogP contribution is 1.64. The van der Waals surface area contributed by atoms with Crippen molar-refractivity contribution in [2.24, 2.45) is 0 Å². The summed E-state index contributed by atoms with van der Waals surface area (Å²) < 4.78 is 0. The molecule has 0 aliphatic rings. The molecule has 9 heavy (non-hydrogen) atoms. The Kier molecular flexibility index (Phi) is 21.8. The quantitative estimate of drug-likeness (QED) is 0.321. The molecule has 2 N–H and O–H groups in total. The molecule has 0 saturated heterocycles. The number of quaternary nitrogens is 1. The van der Waals surface area contributed by atoms with Crippen LogP contribution in [0.5, 0.6) is 0 Å². The molecular weight excluding hydrogens is 155 g/mol. The van der Waals surface area contributed by atoms with E-state index in [1.54, 1.807) is 0 Å². The molecule has 0 atom stereocenters. The second-order valence-electron chi connectivity index (χ2n) is 1.24. The third-order valence-electron chi connectivity index (χ3n) is 0.626. The van der Waals surface area contributed by atoms with Crippen LogP contribution in [0.25, 0.3) is 0 Å². The third kappa shape index (κ3) is 17.7. The maximum absolute atomic E-state index is 5.36. The maximum Gasteiger partial charge on any atom is 0.0893 e. The molecule has 0 aromatic heterocycles. The molecule has 0 aromatic carbocycles. The standard InChI is InChI=1S/C4H9Cl2N.B2/c5-1-3-7-4-2-6;1-2/h7H,1-4H2;/p+1. The number of halogens is 2. The molecule has 4 radical (unpaired) electrons. The molecule has 0 heterocycles. The van der Waals surface area contributed by atoms with Gasteiger partial charge in [0.2, 0.25) is 0 Å². The monoisotopic (exact) mass is 164 g/mol. The summed E-state index contributed by atoms with van der Waals surface area (Å²) in [6.07, 6.45) is 0. The lowest BCUT2D eigenvalue weighted by Gasteiger charge is -1.90. The van der Waals surface area contributed by atoms with Crippen LogP contribution in [0.15, 0.2) is 0 Å². The van der Waals surface area contributed by atoms with Crippen molar-refractivity contribution >= 4 is 38.7 Å². The molecule has 0 saturated carbocycles. The van der Waals surface area contributed by atoms with E-state index < -0.39 is 0 Å². The van der Waals surface area contributed by atoms with Crippen LogP contribution in [0.4, 0.5) is 0 Å². The van der Waals surface area contributed by atoms with Gasteiger partial charge < -0.3 is 5.32 Å². The van der Waals surface area contributed by atoms with E-state index in [4.69, 9.17) is 23.2 Å². The van der Waals surface area contributed by atoms with Crippen LogP contribution in [0, 0.1) is 0 Å². The zero-order valence-corrected chi connectivity index (χ0v) is 6.83. The highest BCUT2D eigenvalue weighted by Gasteiger charge is 1.83. The summed E-state index contributed by atoms with van der Waals surface area (Å²) >= 11 is 10.7. The van der Waals surface area contributed by atoms with Crippen LogP contribution in [-0.4, -0.2) is 40.3 Å². The van der Waals surface area contributed by atoms with E-state index in [-0.39, 0.29) is 0 Å². The molecule has 0 aliphatic heterocycles. The molecule has 0 aromatic rings. The average Bonchev–Trinajstić information content (AvgIpc) is 1.94. The van der Waals surface area contributed by atoms with Gasteiger partial charge in [-0.3, -0.25) is 0 Å². The van der Waals surface area contributed by atoms with E-state index in [1.165, 1.54) is 0 Å². The summed E-state index contributed by atoms with van der Waals surface area (Å²) in [6, 6.07) is 0. The minimum Gasteiger partial charge on any atom is -0.344 e. The predicted octanol–water partition coefficient (Wildman–Crippen LogP) is -0.734. The Morgan fingerprint density at radius 2 is 1.33 bits per heavy atom. The summed E-state index contributed by atoms with van der Waals surface area (Å²) in [6.45, 7) is 1.96. The maximum atomic E-state index is 5.36. The van der Waals surface area contributed by atoms with Gasteiger partial charge in [-0.25, -0.2) is 0 Å². The third-order valence-corrected chi connectivity index (χ3v) is 1.06. The molecule has 0 unspecified atom stereocenters. The van der Waals surface area contributed by atoms with E-state index in [2.05, 4.69) is 20.8 Å². The van der Waals surface area contributed by atoms with E-state index in [0.29, 0.717) is 0 Å². The van der Waals surface area contributed by atoms with Crippen LogP contribution in [0.2, 0.25) is 0 Å². The van der Waals surface area contributed by atoms with Crippen molar-refractivity contribution in [3.8, 4) is 0 Å². The van der Waals surface area contributed by atoms with Gasteiger partial charge in [-0.2, -0.15) is 0 Å². The number of hydrogen-bond donors (Lipinski definition) is 1. The van der Waals surface area contributed by atoms with Crippen LogP contribution in [-0.2, 0) is 0 Å². The van der Waals surface area contributed by atoms with Gasteiger partial charge in [0.1, 0.15) is 0 Å². The molecule has 0 fully saturated rings. The predicted molar refractivity (Wildman–Crippen MR) is 44.6 cm³/mol. The van der Waals surface area contributed by atoms with E-state index in [0.717, 1.165) is 24.8 Å². The first kappa shape index (κ1) is 12.4. The SMILES string of the molecule is ClCC[NH2+]CCCl.[B][B]. The molecule has 0 bridgehead atoms. The van der Waals surface area contributed by atoms with Crippen molar-refractivity contribution in [2.75, 3.05) is 24.8 Å². The Morgan fingerprint density at radius 3 is 1.56 bits per heavy atom. The molecule has 1 nitrogen and oxygen atoms in total. The van der Waals surface area contributed by atoms with Gasteiger partial charge in [-0.05, 0) is 0 Å². The van der Waals surface area contributed by atoms with Crippen LogP contribution < -0.4 is 5.32 Å². The van der Waals surface area contributed by atoms with E-state index >= 15 is 0 Å². The summed E-state index contributed by atoms with van der Waals surface area (Å²) in [5.74, 6) is 1.44. The van der Waals surface area contributed by atoms with Crippen LogP contribution in [0.1, 0.15) is 0 Å². The molecular formula is C4H10B2Cl2N+. The fourth-order valence-electron chi connectivity index (χ4n) is 0.299.